The highest BCUT2D eigenvalue weighted by atomic mass is 19.4. The molecule has 1 saturated carbocycles. The number of aliphatic hydroxyl groups excluding tert-OH is 1. The summed E-state index contributed by atoms with van der Waals surface area (Å²) < 4.78 is 37.5. The van der Waals surface area contributed by atoms with Crippen LogP contribution >= 0.6 is 0 Å². The van der Waals surface area contributed by atoms with Crippen molar-refractivity contribution >= 4 is 5.91 Å². The van der Waals surface area contributed by atoms with Gasteiger partial charge in [-0.25, -0.2) is 0 Å². The predicted octanol–water partition coefficient (Wildman–Crippen LogP) is 2.21. The van der Waals surface area contributed by atoms with E-state index in [1.165, 1.54) is 12.1 Å². The van der Waals surface area contributed by atoms with Crippen LogP contribution in [0.5, 0.6) is 0 Å². The zero-order valence-electron chi connectivity index (χ0n) is 10.1. The molecule has 0 aromatic heterocycles. The zero-order valence-corrected chi connectivity index (χ0v) is 10.1. The van der Waals surface area contributed by atoms with Gasteiger partial charge in [0.2, 0.25) is 0 Å². The molecule has 0 spiro atoms. The van der Waals surface area contributed by atoms with Crippen LogP contribution in [0.4, 0.5) is 13.2 Å². The van der Waals surface area contributed by atoms with Gasteiger partial charge in [-0.05, 0) is 37.0 Å². The fraction of sp³-hybridized carbons (Fsp3) is 0.462. The molecule has 1 unspecified atom stereocenters. The van der Waals surface area contributed by atoms with Crippen molar-refractivity contribution in [3.8, 4) is 0 Å². The monoisotopic (exact) mass is 273 g/mol. The molecule has 2 rings (SSSR count). The molecule has 104 valence electrons. The molecule has 1 aromatic rings. The summed E-state index contributed by atoms with van der Waals surface area (Å²) in [4.78, 5) is 11.7. The lowest BCUT2D eigenvalue weighted by molar-refractivity contribution is -0.137. The van der Waals surface area contributed by atoms with Crippen molar-refractivity contribution in [2.45, 2.75) is 25.1 Å². The number of nitrogens with one attached hydrogen (secondary N) is 1. The largest absolute Gasteiger partial charge is 0.416 e. The Labute approximate surface area is 108 Å². The second-order valence-electron chi connectivity index (χ2n) is 4.69. The van der Waals surface area contributed by atoms with E-state index in [1.54, 1.807) is 0 Å². The first kappa shape index (κ1) is 13.9. The Balaban J connectivity index is 1.98. The van der Waals surface area contributed by atoms with E-state index >= 15 is 0 Å². The van der Waals surface area contributed by atoms with Crippen molar-refractivity contribution in [2.75, 3.05) is 6.54 Å². The van der Waals surface area contributed by atoms with Crippen LogP contribution < -0.4 is 5.32 Å². The van der Waals surface area contributed by atoms with Crippen LogP contribution in [0.15, 0.2) is 24.3 Å². The zero-order chi connectivity index (χ0) is 14.0. The van der Waals surface area contributed by atoms with Gasteiger partial charge in [-0.3, -0.25) is 4.79 Å². The summed E-state index contributed by atoms with van der Waals surface area (Å²) in [6.45, 7) is 0.0692. The van der Waals surface area contributed by atoms with Crippen LogP contribution in [0.2, 0.25) is 0 Å². The lowest BCUT2D eigenvalue weighted by Crippen LogP contribution is -2.33. The Morgan fingerprint density at radius 1 is 1.42 bits per heavy atom. The number of alkyl halides is 3. The standard InChI is InChI=1S/C13H14F3NO2/c14-13(15,16)10-3-1-2-9(6-10)12(19)17-7-11(18)8-4-5-8/h1-3,6,8,11,18H,4-5,7H2,(H,17,19). The van der Waals surface area contributed by atoms with Crippen LogP contribution in [0.1, 0.15) is 28.8 Å². The van der Waals surface area contributed by atoms with Gasteiger partial charge in [-0.1, -0.05) is 6.07 Å². The number of amides is 1. The summed E-state index contributed by atoms with van der Waals surface area (Å²) in [5.41, 5.74) is -0.916. The minimum Gasteiger partial charge on any atom is -0.391 e. The van der Waals surface area contributed by atoms with E-state index in [4.69, 9.17) is 0 Å². The second kappa shape index (κ2) is 5.21. The number of hydrogen-bond donors (Lipinski definition) is 2. The van der Waals surface area contributed by atoms with Crippen LogP contribution in [-0.4, -0.2) is 23.7 Å². The Kier molecular flexibility index (Phi) is 3.80. The molecule has 3 nitrogen and oxygen atoms in total. The predicted molar refractivity (Wildman–Crippen MR) is 62.5 cm³/mol. The molecular formula is C13H14F3NO2. The van der Waals surface area contributed by atoms with Gasteiger partial charge >= 0.3 is 6.18 Å². The maximum absolute atomic E-state index is 12.5. The lowest BCUT2D eigenvalue weighted by atomic mass is 10.1. The third kappa shape index (κ3) is 3.70. The molecule has 2 N–H and O–H groups in total. The molecule has 0 radical (unpaired) electrons. The van der Waals surface area contributed by atoms with Gasteiger partial charge in [0, 0.05) is 12.1 Å². The molecule has 1 aromatic carbocycles. The summed E-state index contributed by atoms with van der Waals surface area (Å²) in [6.07, 6.45) is -3.22. The van der Waals surface area contributed by atoms with E-state index in [0.29, 0.717) is 0 Å². The van der Waals surface area contributed by atoms with E-state index in [9.17, 15) is 23.1 Å². The highest BCUT2D eigenvalue weighted by Crippen LogP contribution is 2.32. The quantitative estimate of drug-likeness (QED) is 0.883. The molecule has 0 bridgehead atoms. The summed E-state index contributed by atoms with van der Waals surface area (Å²) in [5.74, 6) is -0.396. The van der Waals surface area contributed by atoms with Crippen molar-refractivity contribution in [3.63, 3.8) is 0 Å². The van der Waals surface area contributed by atoms with E-state index in [1.807, 2.05) is 0 Å². The average Bonchev–Trinajstić information content (AvgIpc) is 3.19. The first-order chi connectivity index (χ1) is 8.88. The third-order valence-corrected chi connectivity index (χ3v) is 3.09. The minimum atomic E-state index is -4.47. The number of benzene rings is 1. The Morgan fingerprint density at radius 2 is 2.11 bits per heavy atom. The van der Waals surface area contributed by atoms with Crippen molar-refractivity contribution < 1.29 is 23.1 Å². The van der Waals surface area contributed by atoms with Crippen molar-refractivity contribution in [1.82, 2.24) is 5.32 Å². The molecule has 1 amide bonds. The molecule has 6 heteroatoms. The molecular weight excluding hydrogens is 259 g/mol. The molecule has 1 aliphatic rings. The first-order valence-corrected chi connectivity index (χ1v) is 6.01. The van der Waals surface area contributed by atoms with Crippen LogP contribution in [0.25, 0.3) is 0 Å². The molecule has 1 atom stereocenters. The molecule has 0 aliphatic heterocycles. The van der Waals surface area contributed by atoms with Gasteiger partial charge in [-0.15, -0.1) is 0 Å². The van der Waals surface area contributed by atoms with Gasteiger partial charge in [0.05, 0.1) is 11.7 Å². The topological polar surface area (TPSA) is 49.3 Å². The number of halogens is 3. The molecule has 19 heavy (non-hydrogen) atoms. The molecule has 1 fully saturated rings. The molecule has 0 heterocycles. The number of carbonyl (C=O) groups excluding carboxylic acids is 1. The second-order valence-corrected chi connectivity index (χ2v) is 4.69. The highest BCUT2D eigenvalue weighted by molar-refractivity contribution is 5.94. The number of rotatable bonds is 4. The summed E-state index contributed by atoms with van der Waals surface area (Å²) in [5, 5.41) is 12.0. The van der Waals surface area contributed by atoms with E-state index in [0.717, 1.165) is 25.0 Å². The van der Waals surface area contributed by atoms with Gasteiger partial charge in [0.1, 0.15) is 0 Å². The maximum atomic E-state index is 12.5. The van der Waals surface area contributed by atoms with Crippen LogP contribution in [-0.2, 0) is 6.18 Å². The van der Waals surface area contributed by atoms with E-state index in [-0.39, 0.29) is 18.0 Å². The third-order valence-electron chi connectivity index (χ3n) is 3.09. The highest BCUT2D eigenvalue weighted by Gasteiger charge is 2.31. The first-order valence-electron chi connectivity index (χ1n) is 6.01. The van der Waals surface area contributed by atoms with Gasteiger partial charge in [-0.2, -0.15) is 13.2 Å². The molecule has 1 aliphatic carbocycles. The summed E-state index contributed by atoms with van der Waals surface area (Å²) >= 11 is 0. The Hall–Kier alpha value is -1.56. The van der Waals surface area contributed by atoms with Crippen LogP contribution in [0, 0.1) is 5.92 Å². The van der Waals surface area contributed by atoms with Gasteiger partial charge in [0.25, 0.3) is 5.91 Å². The number of hydrogen-bond acceptors (Lipinski definition) is 2. The average molecular weight is 273 g/mol. The minimum absolute atomic E-state index is 0.0576. The normalized spacial score (nSPS) is 17.1. The number of carbonyl (C=O) groups is 1. The van der Waals surface area contributed by atoms with Crippen LogP contribution in [0.3, 0.4) is 0 Å². The number of aliphatic hydroxyl groups is 1. The SMILES string of the molecule is O=C(NCC(O)C1CC1)c1cccc(C(F)(F)F)c1. The van der Waals surface area contributed by atoms with E-state index < -0.39 is 23.8 Å². The molecule has 0 saturated heterocycles. The van der Waals surface area contributed by atoms with Crippen molar-refractivity contribution in [1.29, 1.82) is 0 Å². The van der Waals surface area contributed by atoms with Gasteiger partial charge < -0.3 is 10.4 Å². The smallest absolute Gasteiger partial charge is 0.391 e. The Morgan fingerprint density at radius 3 is 2.68 bits per heavy atom. The van der Waals surface area contributed by atoms with E-state index in [2.05, 4.69) is 5.32 Å². The van der Waals surface area contributed by atoms with Crippen molar-refractivity contribution in [3.05, 3.63) is 35.4 Å². The Bertz CT molecular complexity index is 469. The maximum Gasteiger partial charge on any atom is 0.416 e. The summed E-state index contributed by atoms with van der Waals surface area (Å²) in [7, 11) is 0. The fourth-order valence-electron chi connectivity index (χ4n) is 1.78. The lowest BCUT2D eigenvalue weighted by Gasteiger charge is -2.12. The van der Waals surface area contributed by atoms with Gasteiger partial charge in [0.15, 0.2) is 0 Å². The van der Waals surface area contributed by atoms with Crippen molar-refractivity contribution in [2.24, 2.45) is 5.92 Å². The fourth-order valence-corrected chi connectivity index (χ4v) is 1.78. The summed E-state index contributed by atoms with van der Waals surface area (Å²) in [6, 6.07) is 4.22.